The van der Waals surface area contributed by atoms with Gasteiger partial charge in [0.15, 0.2) is 11.6 Å². The molecule has 0 aliphatic heterocycles. The van der Waals surface area contributed by atoms with Crippen molar-refractivity contribution in [3.8, 4) is 62.9 Å². The maximum absolute atomic E-state index is 9.47. The second kappa shape index (κ2) is 12.5. The molecule has 0 fully saturated rings. The Labute approximate surface area is 295 Å². The molecule has 0 amide bonds. The average Bonchev–Trinajstić information content (AvgIpc) is 3.47. The van der Waals surface area contributed by atoms with Crippen LogP contribution in [0.25, 0.3) is 72.5 Å². The first-order chi connectivity index (χ1) is 24.8. The van der Waals surface area contributed by atoms with E-state index in [0.29, 0.717) is 22.8 Å². The summed E-state index contributed by atoms with van der Waals surface area (Å²) >= 11 is 0. The third-order valence-corrected chi connectivity index (χ3v) is 9.45. The van der Waals surface area contributed by atoms with Crippen LogP contribution in [0.5, 0.6) is 0 Å². The van der Waals surface area contributed by atoms with Gasteiger partial charge in [0, 0.05) is 46.7 Å². The van der Waals surface area contributed by atoms with Gasteiger partial charge in [0.05, 0.1) is 27.8 Å². The van der Waals surface area contributed by atoms with E-state index in [1.807, 2.05) is 18.2 Å². The SMILES string of the molecule is Cc1ccc(-c2ccc3c(c2)c2cc(-c4ccc(C)cc4C)ccc2n3-c2ccc(-c3ncc(C#N)cn3)cc2-c2ncc(C#N)cn2)c(C)c1. The summed E-state index contributed by atoms with van der Waals surface area (Å²) < 4.78 is 2.27. The maximum atomic E-state index is 9.47. The third-order valence-electron chi connectivity index (χ3n) is 9.45. The molecule has 0 bridgehead atoms. The van der Waals surface area contributed by atoms with Crippen molar-refractivity contribution < 1.29 is 0 Å². The molecule has 0 radical (unpaired) electrons. The zero-order valence-corrected chi connectivity index (χ0v) is 28.6. The fourth-order valence-electron chi connectivity index (χ4n) is 7.00. The molecule has 0 atom stereocenters. The zero-order valence-electron chi connectivity index (χ0n) is 28.6. The van der Waals surface area contributed by atoms with Gasteiger partial charge in [-0.1, -0.05) is 59.7 Å². The van der Waals surface area contributed by atoms with Crippen molar-refractivity contribution >= 4 is 21.8 Å². The zero-order chi connectivity index (χ0) is 35.2. The molecule has 7 nitrogen and oxygen atoms in total. The van der Waals surface area contributed by atoms with Crippen molar-refractivity contribution in [2.45, 2.75) is 27.7 Å². The molecule has 242 valence electrons. The van der Waals surface area contributed by atoms with Crippen LogP contribution in [-0.4, -0.2) is 24.5 Å². The highest BCUT2D eigenvalue weighted by Crippen LogP contribution is 2.40. The number of aryl methyl sites for hydroxylation is 4. The van der Waals surface area contributed by atoms with Crippen LogP contribution in [-0.2, 0) is 0 Å². The molecule has 0 spiro atoms. The summed E-state index contributed by atoms with van der Waals surface area (Å²) in [6, 6.07) is 36.8. The molecule has 0 saturated heterocycles. The van der Waals surface area contributed by atoms with Gasteiger partial charge in [-0.3, -0.25) is 0 Å². The summed E-state index contributed by atoms with van der Waals surface area (Å²) in [7, 11) is 0. The van der Waals surface area contributed by atoms with Gasteiger partial charge in [-0.2, -0.15) is 10.5 Å². The van der Waals surface area contributed by atoms with E-state index in [-0.39, 0.29) is 0 Å². The maximum Gasteiger partial charge on any atom is 0.161 e. The Morgan fingerprint density at radius 2 is 0.941 bits per heavy atom. The lowest BCUT2D eigenvalue weighted by Gasteiger charge is -2.15. The number of hydrogen-bond donors (Lipinski definition) is 0. The highest BCUT2D eigenvalue weighted by Gasteiger charge is 2.20. The number of hydrogen-bond acceptors (Lipinski definition) is 6. The van der Waals surface area contributed by atoms with E-state index < -0.39 is 0 Å². The smallest absolute Gasteiger partial charge is 0.161 e. The minimum atomic E-state index is 0.376. The molecule has 0 N–H and O–H groups in total. The summed E-state index contributed by atoms with van der Waals surface area (Å²) in [6.45, 7) is 8.57. The standard InChI is InChI=1S/C44H31N7/c1-26-5-10-35(28(3)15-26)32-7-12-40-37(17-32)38-18-33(36-11-6-27(2)16-29(36)4)8-13-41(38)51(40)42-14-9-34(43-47-22-30(20-45)23-48-43)19-39(42)44-49-24-31(21-46)25-50-44/h5-19,22-25H,1-4H3. The van der Waals surface area contributed by atoms with Crippen molar-refractivity contribution in [1.29, 1.82) is 10.5 Å². The van der Waals surface area contributed by atoms with Crippen molar-refractivity contribution in [3.05, 3.63) is 149 Å². The first kappa shape index (κ1) is 31.3. The molecule has 5 aromatic carbocycles. The summed E-state index contributed by atoms with van der Waals surface area (Å²) in [4.78, 5) is 18.1. The minimum Gasteiger partial charge on any atom is -0.308 e. The summed E-state index contributed by atoms with van der Waals surface area (Å²) in [5.41, 5.74) is 14.8. The largest absolute Gasteiger partial charge is 0.308 e. The Morgan fingerprint density at radius 1 is 0.471 bits per heavy atom. The molecular weight excluding hydrogens is 627 g/mol. The Bertz CT molecular complexity index is 2630. The molecule has 0 saturated carbocycles. The van der Waals surface area contributed by atoms with Crippen LogP contribution in [0.15, 0.2) is 116 Å². The van der Waals surface area contributed by atoms with Crippen molar-refractivity contribution in [1.82, 2.24) is 24.5 Å². The number of nitrogens with zero attached hydrogens (tertiary/aromatic N) is 7. The first-order valence-corrected chi connectivity index (χ1v) is 16.6. The van der Waals surface area contributed by atoms with E-state index in [1.54, 1.807) is 0 Å². The fraction of sp³-hybridized carbons (Fsp3) is 0.0909. The molecule has 7 heteroatoms. The molecule has 0 aliphatic carbocycles. The lowest BCUT2D eigenvalue weighted by atomic mass is 9.95. The van der Waals surface area contributed by atoms with Gasteiger partial charge >= 0.3 is 0 Å². The van der Waals surface area contributed by atoms with Crippen molar-refractivity contribution in [2.24, 2.45) is 0 Å². The predicted molar refractivity (Wildman–Crippen MR) is 202 cm³/mol. The van der Waals surface area contributed by atoms with Gasteiger partial charge in [-0.05, 0) is 104 Å². The summed E-state index contributed by atoms with van der Waals surface area (Å²) in [5, 5.41) is 21.0. The van der Waals surface area contributed by atoms with Gasteiger partial charge in [0.2, 0.25) is 0 Å². The molecular formula is C44H31N7. The van der Waals surface area contributed by atoms with Crippen molar-refractivity contribution in [2.75, 3.05) is 0 Å². The highest BCUT2D eigenvalue weighted by atomic mass is 15.0. The predicted octanol–water partition coefficient (Wildman–Crippen LogP) is 10.0. The molecule has 8 rings (SSSR count). The van der Waals surface area contributed by atoms with E-state index in [0.717, 1.165) is 49.7 Å². The van der Waals surface area contributed by atoms with Crippen LogP contribution in [0.4, 0.5) is 0 Å². The summed E-state index contributed by atoms with van der Waals surface area (Å²) in [6.07, 6.45) is 6.11. The summed E-state index contributed by atoms with van der Waals surface area (Å²) in [5.74, 6) is 0.946. The lowest BCUT2D eigenvalue weighted by molar-refractivity contribution is 1.12. The molecule has 3 heterocycles. The normalized spacial score (nSPS) is 11.1. The quantitative estimate of drug-likeness (QED) is 0.182. The van der Waals surface area contributed by atoms with E-state index in [4.69, 9.17) is 0 Å². The van der Waals surface area contributed by atoms with Gasteiger partial charge in [-0.15, -0.1) is 0 Å². The van der Waals surface area contributed by atoms with Gasteiger partial charge in [-0.25, -0.2) is 19.9 Å². The molecule has 0 aliphatic rings. The first-order valence-electron chi connectivity index (χ1n) is 16.6. The molecule has 0 unspecified atom stereocenters. The molecule has 3 aromatic heterocycles. The van der Waals surface area contributed by atoms with E-state index in [1.165, 1.54) is 58.2 Å². The van der Waals surface area contributed by atoms with Crippen LogP contribution in [0, 0.1) is 50.4 Å². The van der Waals surface area contributed by atoms with E-state index >= 15 is 0 Å². The van der Waals surface area contributed by atoms with E-state index in [2.05, 4.69) is 137 Å². The second-order valence-corrected chi connectivity index (χ2v) is 13.0. The van der Waals surface area contributed by atoms with Crippen LogP contribution in [0.1, 0.15) is 33.4 Å². The number of aromatic nitrogens is 5. The second-order valence-electron chi connectivity index (χ2n) is 13.0. The average molecular weight is 658 g/mol. The number of fused-ring (bicyclic) bond motifs is 3. The monoisotopic (exact) mass is 657 g/mol. The Morgan fingerprint density at radius 3 is 1.41 bits per heavy atom. The highest BCUT2D eigenvalue weighted by molar-refractivity contribution is 6.12. The number of nitriles is 2. The fourth-order valence-corrected chi connectivity index (χ4v) is 7.00. The van der Waals surface area contributed by atoms with E-state index in [9.17, 15) is 10.5 Å². The van der Waals surface area contributed by atoms with Gasteiger partial charge < -0.3 is 4.57 Å². The van der Waals surface area contributed by atoms with Crippen LogP contribution in [0.2, 0.25) is 0 Å². The Kier molecular flexibility index (Phi) is 7.67. The number of rotatable bonds is 5. The van der Waals surface area contributed by atoms with Gasteiger partial charge in [0.25, 0.3) is 0 Å². The van der Waals surface area contributed by atoms with Crippen LogP contribution in [0.3, 0.4) is 0 Å². The molecule has 51 heavy (non-hydrogen) atoms. The minimum absolute atomic E-state index is 0.376. The topological polar surface area (TPSA) is 104 Å². The van der Waals surface area contributed by atoms with Crippen LogP contribution >= 0.6 is 0 Å². The Hall–Kier alpha value is -6.96. The van der Waals surface area contributed by atoms with Gasteiger partial charge in [0.1, 0.15) is 12.1 Å². The van der Waals surface area contributed by atoms with Crippen molar-refractivity contribution in [3.63, 3.8) is 0 Å². The Balaban J connectivity index is 1.41. The third kappa shape index (κ3) is 5.57. The van der Waals surface area contributed by atoms with Crippen LogP contribution < -0.4 is 0 Å². The molecule has 8 aromatic rings. The lowest BCUT2D eigenvalue weighted by Crippen LogP contribution is -2.01. The number of benzene rings is 5.